The second kappa shape index (κ2) is 8.47. The third-order valence-electron chi connectivity index (χ3n) is 4.23. The van der Waals surface area contributed by atoms with E-state index < -0.39 is 5.97 Å². The van der Waals surface area contributed by atoms with Crippen LogP contribution in [-0.2, 0) is 14.3 Å². The Kier molecular flexibility index (Phi) is 6.35. The molecule has 0 aromatic heterocycles. The molecule has 6 heteroatoms. The van der Waals surface area contributed by atoms with Crippen molar-refractivity contribution in [2.45, 2.75) is 45.6 Å². The Hall–Kier alpha value is -2.37. The lowest BCUT2D eigenvalue weighted by Crippen LogP contribution is -2.42. The average Bonchev–Trinajstić information content (AvgIpc) is 2.55. The molecule has 24 heavy (non-hydrogen) atoms. The first-order valence-corrected chi connectivity index (χ1v) is 8.30. The van der Waals surface area contributed by atoms with E-state index in [4.69, 9.17) is 4.74 Å². The van der Waals surface area contributed by atoms with Gasteiger partial charge in [0.25, 0.3) is 5.91 Å². The van der Waals surface area contributed by atoms with Gasteiger partial charge in [0.2, 0.25) is 5.91 Å². The number of ether oxygens (including phenoxy) is 1. The van der Waals surface area contributed by atoms with Crippen molar-refractivity contribution in [3.8, 4) is 0 Å². The molecule has 0 heterocycles. The number of carbonyl (C=O) groups is 3. The Bertz CT molecular complexity index is 598. The Morgan fingerprint density at radius 1 is 1.12 bits per heavy atom. The van der Waals surface area contributed by atoms with E-state index in [1.54, 1.807) is 24.3 Å². The van der Waals surface area contributed by atoms with Crippen LogP contribution in [0.5, 0.6) is 0 Å². The standard InChI is InChI=1S/C18H24N2O4/c1-12-5-3-4-6-16(12)20-17(22)11-24-18(23)14-7-9-15(10-8-14)19-13(2)21/h7-10,12,16H,3-6,11H2,1-2H3,(H,19,21)(H,20,22)/t12-,16+/m1/s1. The largest absolute Gasteiger partial charge is 0.452 e. The number of hydrogen-bond donors (Lipinski definition) is 2. The minimum atomic E-state index is -0.559. The highest BCUT2D eigenvalue weighted by Gasteiger charge is 2.23. The van der Waals surface area contributed by atoms with Gasteiger partial charge in [-0.2, -0.15) is 0 Å². The van der Waals surface area contributed by atoms with Crippen molar-refractivity contribution >= 4 is 23.5 Å². The fourth-order valence-corrected chi connectivity index (χ4v) is 2.89. The van der Waals surface area contributed by atoms with Crippen molar-refractivity contribution in [2.24, 2.45) is 5.92 Å². The molecule has 1 aromatic carbocycles. The monoisotopic (exact) mass is 332 g/mol. The molecule has 1 fully saturated rings. The Labute approximate surface area is 142 Å². The maximum atomic E-state index is 11.9. The fourth-order valence-electron chi connectivity index (χ4n) is 2.89. The lowest BCUT2D eigenvalue weighted by Gasteiger charge is -2.29. The van der Waals surface area contributed by atoms with E-state index in [1.807, 2.05) is 0 Å². The molecule has 1 saturated carbocycles. The predicted octanol–water partition coefficient (Wildman–Crippen LogP) is 2.50. The third-order valence-corrected chi connectivity index (χ3v) is 4.23. The first kappa shape index (κ1) is 18.0. The van der Waals surface area contributed by atoms with Gasteiger partial charge in [-0.1, -0.05) is 19.8 Å². The molecule has 2 amide bonds. The van der Waals surface area contributed by atoms with E-state index in [-0.39, 0.29) is 24.5 Å². The van der Waals surface area contributed by atoms with E-state index in [0.29, 0.717) is 17.2 Å². The molecule has 130 valence electrons. The van der Waals surface area contributed by atoms with Crippen molar-refractivity contribution < 1.29 is 19.1 Å². The maximum Gasteiger partial charge on any atom is 0.338 e. The summed E-state index contributed by atoms with van der Waals surface area (Å²) in [6.07, 6.45) is 4.42. The summed E-state index contributed by atoms with van der Waals surface area (Å²) < 4.78 is 5.05. The number of anilines is 1. The lowest BCUT2D eigenvalue weighted by atomic mass is 9.86. The summed E-state index contributed by atoms with van der Waals surface area (Å²) in [6.45, 7) is 3.26. The van der Waals surface area contributed by atoms with Crippen LogP contribution in [0, 0.1) is 5.92 Å². The molecule has 1 aliphatic carbocycles. The van der Waals surface area contributed by atoms with Gasteiger partial charge in [-0.05, 0) is 43.0 Å². The van der Waals surface area contributed by atoms with E-state index in [1.165, 1.54) is 13.3 Å². The minimum absolute atomic E-state index is 0.168. The summed E-state index contributed by atoms with van der Waals surface area (Å²) in [7, 11) is 0. The number of amides is 2. The number of rotatable bonds is 5. The van der Waals surface area contributed by atoms with Crippen LogP contribution in [0.4, 0.5) is 5.69 Å². The first-order chi connectivity index (χ1) is 11.5. The average molecular weight is 332 g/mol. The SMILES string of the molecule is CC(=O)Nc1ccc(C(=O)OCC(=O)N[C@H]2CCCC[C@H]2C)cc1. The number of esters is 1. The number of nitrogens with one attached hydrogen (secondary N) is 2. The van der Waals surface area contributed by atoms with Crippen LogP contribution in [0.3, 0.4) is 0 Å². The zero-order valence-electron chi connectivity index (χ0n) is 14.1. The predicted molar refractivity (Wildman–Crippen MR) is 90.6 cm³/mol. The van der Waals surface area contributed by atoms with Crippen LogP contribution in [-0.4, -0.2) is 30.4 Å². The van der Waals surface area contributed by atoms with Crippen molar-refractivity contribution in [3.05, 3.63) is 29.8 Å². The topological polar surface area (TPSA) is 84.5 Å². The number of benzene rings is 1. The van der Waals surface area contributed by atoms with Gasteiger partial charge in [-0.3, -0.25) is 9.59 Å². The molecule has 0 aliphatic heterocycles. The molecule has 0 bridgehead atoms. The smallest absolute Gasteiger partial charge is 0.338 e. The van der Waals surface area contributed by atoms with Crippen LogP contribution in [0.15, 0.2) is 24.3 Å². The van der Waals surface area contributed by atoms with E-state index in [9.17, 15) is 14.4 Å². The summed E-state index contributed by atoms with van der Waals surface area (Å²) in [5.41, 5.74) is 0.936. The third kappa shape index (κ3) is 5.37. The number of carbonyl (C=O) groups excluding carboxylic acids is 3. The quantitative estimate of drug-likeness (QED) is 0.811. The summed E-state index contributed by atoms with van der Waals surface area (Å²) in [6, 6.07) is 6.49. The van der Waals surface area contributed by atoms with Crippen molar-refractivity contribution in [3.63, 3.8) is 0 Å². The highest BCUT2D eigenvalue weighted by molar-refractivity contribution is 5.93. The maximum absolute atomic E-state index is 11.9. The molecule has 0 saturated heterocycles. The second-order valence-electron chi connectivity index (χ2n) is 6.27. The Morgan fingerprint density at radius 2 is 1.79 bits per heavy atom. The van der Waals surface area contributed by atoms with Crippen LogP contribution < -0.4 is 10.6 Å². The molecule has 0 radical (unpaired) electrons. The van der Waals surface area contributed by atoms with Gasteiger partial charge in [-0.15, -0.1) is 0 Å². The Morgan fingerprint density at radius 3 is 2.42 bits per heavy atom. The molecule has 1 aliphatic rings. The zero-order valence-corrected chi connectivity index (χ0v) is 14.1. The first-order valence-electron chi connectivity index (χ1n) is 8.30. The van der Waals surface area contributed by atoms with E-state index in [2.05, 4.69) is 17.6 Å². The fraction of sp³-hybridized carbons (Fsp3) is 0.500. The Balaban J connectivity index is 1.79. The van der Waals surface area contributed by atoms with E-state index >= 15 is 0 Å². The van der Waals surface area contributed by atoms with Gasteiger partial charge in [0, 0.05) is 18.7 Å². The van der Waals surface area contributed by atoms with Crippen LogP contribution in [0.25, 0.3) is 0 Å². The van der Waals surface area contributed by atoms with Crippen molar-refractivity contribution in [1.82, 2.24) is 5.32 Å². The van der Waals surface area contributed by atoms with Crippen LogP contribution in [0.1, 0.15) is 49.9 Å². The van der Waals surface area contributed by atoms with Gasteiger partial charge in [0.1, 0.15) is 0 Å². The molecular formula is C18H24N2O4. The summed E-state index contributed by atoms with van der Waals surface area (Å²) in [5, 5.41) is 5.56. The lowest BCUT2D eigenvalue weighted by molar-refractivity contribution is -0.125. The highest BCUT2D eigenvalue weighted by atomic mass is 16.5. The normalized spacial score (nSPS) is 20.1. The molecule has 2 N–H and O–H groups in total. The molecule has 2 rings (SSSR count). The number of hydrogen-bond acceptors (Lipinski definition) is 4. The molecular weight excluding hydrogens is 308 g/mol. The van der Waals surface area contributed by atoms with Gasteiger partial charge < -0.3 is 15.4 Å². The van der Waals surface area contributed by atoms with Gasteiger partial charge in [-0.25, -0.2) is 4.79 Å². The van der Waals surface area contributed by atoms with Crippen molar-refractivity contribution in [2.75, 3.05) is 11.9 Å². The van der Waals surface area contributed by atoms with Crippen LogP contribution in [0.2, 0.25) is 0 Å². The zero-order chi connectivity index (χ0) is 17.5. The molecule has 1 aromatic rings. The minimum Gasteiger partial charge on any atom is -0.452 e. The van der Waals surface area contributed by atoms with Crippen LogP contribution >= 0.6 is 0 Å². The summed E-state index contributed by atoms with van der Waals surface area (Å²) >= 11 is 0. The van der Waals surface area contributed by atoms with Crippen molar-refractivity contribution in [1.29, 1.82) is 0 Å². The second-order valence-corrected chi connectivity index (χ2v) is 6.27. The molecule has 0 spiro atoms. The molecule has 0 unspecified atom stereocenters. The van der Waals surface area contributed by atoms with Gasteiger partial charge in [0.05, 0.1) is 5.56 Å². The summed E-state index contributed by atoms with van der Waals surface area (Å²) in [5.74, 6) is -0.549. The van der Waals surface area contributed by atoms with Gasteiger partial charge in [0.15, 0.2) is 6.61 Å². The van der Waals surface area contributed by atoms with Gasteiger partial charge >= 0.3 is 5.97 Å². The highest BCUT2D eigenvalue weighted by Crippen LogP contribution is 2.23. The van der Waals surface area contributed by atoms with E-state index in [0.717, 1.165) is 19.3 Å². The summed E-state index contributed by atoms with van der Waals surface area (Å²) in [4.78, 5) is 34.8. The molecule has 2 atom stereocenters. The molecule has 6 nitrogen and oxygen atoms in total.